The maximum atomic E-state index is 9.84. The second-order valence-electron chi connectivity index (χ2n) is 3.13. The number of methoxy groups -OCH3 is 1. The smallest absolute Gasteiger partial charge is 0.109 e. The molecule has 0 fully saturated rings. The molecular weight excluding hydrogens is 164 g/mol. The molecule has 0 heterocycles. The number of ether oxygens (including phenoxy) is 1. The third-order valence-corrected chi connectivity index (χ3v) is 2.36. The Morgan fingerprint density at radius 2 is 2.08 bits per heavy atom. The summed E-state index contributed by atoms with van der Waals surface area (Å²) < 4.78 is 5.12. The van der Waals surface area contributed by atoms with Crippen molar-refractivity contribution in [3.05, 3.63) is 41.5 Å². The highest BCUT2D eigenvalue weighted by Gasteiger charge is 2.22. The molecule has 0 spiro atoms. The quantitative estimate of drug-likeness (QED) is 0.706. The molecule has 0 radical (unpaired) electrons. The van der Waals surface area contributed by atoms with E-state index in [2.05, 4.69) is 0 Å². The van der Waals surface area contributed by atoms with Crippen LogP contribution in [0.15, 0.2) is 30.3 Å². The van der Waals surface area contributed by atoms with E-state index in [0.717, 1.165) is 11.1 Å². The number of rotatable bonds is 1. The molecule has 2 rings (SSSR count). The minimum absolute atomic E-state index is 0.213. The lowest BCUT2D eigenvalue weighted by Gasteiger charge is -2.24. The highest BCUT2D eigenvalue weighted by molar-refractivity contribution is 5.58. The first-order valence-corrected chi connectivity index (χ1v) is 4.31. The molecule has 0 aromatic heterocycles. The van der Waals surface area contributed by atoms with Gasteiger partial charge in [-0.25, -0.2) is 0 Å². The van der Waals surface area contributed by atoms with E-state index in [-0.39, 0.29) is 6.10 Å². The zero-order valence-corrected chi connectivity index (χ0v) is 7.47. The van der Waals surface area contributed by atoms with Gasteiger partial charge in [-0.15, -0.1) is 0 Å². The van der Waals surface area contributed by atoms with Crippen LogP contribution in [0.25, 0.3) is 6.08 Å². The second-order valence-corrected chi connectivity index (χ2v) is 3.13. The maximum absolute atomic E-state index is 9.84. The van der Waals surface area contributed by atoms with Crippen LogP contribution < -0.4 is 0 Å². The van der Waals surface area contributed by atoms with Crippen LogP contribution in [-0.2, 0) is 4.74 Å². The van der Waals surface area contributed by atoms with Crippen LogP contribution in [0.3, 0.4) is 0 Å². The third-order valence-electron chi connectivity index (χ3n) is 2.36. The summed E-state index contributed by atoms with van der Waals surface area (Å²) in [4.78, 5) is 0. The average molecular weight is 176 g/mol. The monoisotopic (exact) mass is 176 g/mol. The molecule has 0 amide bonds. The van der Waals surface area contributed by atoms with Crippen LogP contribution in [0.1, 0.15) is 17.2 Å². The van der Waals surface area contributed by atoms with Crippen LogP contribution >= 0.6 is 0 Å². The summed E-state index contributed by atoms with van der Waals surface area (Å²) in [6.07, 6.45) is 3.12. The number of hydrogen-bond donors (Lipinski definition) is 1. The molecule has 68 valence electrons. The molecular formula is C11H12O2. The Kier molecular flexibility index (Phi) is 2.17. The largest absolute Gasteiger partial charge is 0.385 e. The summed E-state index contributed by atoms with van der Waals surface area (Å²) in [6, 6.07) is 7.80. The zero-order chi connectivity index (χ0) is 9.26. The Labute approximate surface area is 77.5 Å². The van der Waals surface area contributed by atoms with E-state index in [9.17, 15) is 5.11 Å². The number of aliphatic hydroxyl groups excluding tert-OH is 1. The van der Waals surface area contributed by atoms with Gasteiger partial charge in [-0.05, 0) is 11.1 Å². The van der Waals surface area contributed by atoms with Gasteiger partial charge < -0.3 is 9.84 Å². The number of benzene rings is 1. The van der Waals surface area contributed by atoms with Gasteiger partial charge in [0.05, 0.1) is 0 Å². The molecule has 13 heavy (non-hydrogen) atoms. The van der Waals surface area contributed by atoms with Crippen molar-refractivity contribution in [1.29, 1.82) is 0 Å². The first kappa shape index (κ1) is 8.48. The third kappa shape index (κ3) is 1.39. The van der Waals surface area contributed by atoms with Gasteiger partial charge in [0.2, 0.25) is 0 Å². The van der Waals surface area contributed by atoms with Gasteiger partial charge in [-0.2, -0.15) is 0 Å². The van der Waals surface area contributed by atoms with Gasteiger partial charge in [0.1, 0.15) is 12.2 Å². The normalized spacial score (nSPS) is 25.7. The van der Waals surface area contributed by atoms with E-state index < -0.39 is 6.10 Å². The fourth-order valence-electron chi connectivity index (χ4n) is 1.62. The van der Waals surface area contributed by atoms with Crippen LogP contribution in [0.5, 0.6) is 0 Å². The Hall–Kier alpha value is -1.12. The topological polar surface area (TPSA) is 29.5 Å². The molecule has 2 nitrogen and oxygen atoms in total. The second kappa shape index (κ2) is 3.32. The van der Waals surface area contributed by atoms with Crippen molar-refractivity contribution in [1.82, 2.24) is 0 Å². The van der Waals surface area contributed by atoms with Crippen molar-refractivity contribution in [2.24, 2.45) is 0 Å². The predicted octanol–water partition coefficient (Wildman–Crippen LogP) is 1.76. The summed E-state index contributed by atoms with van der Waals surface area (Å²) in [6.45, 7) is 0. The standard InChI is InChI=1S/C11H12O2/c1-13-10-7-6-8-4-2-3-5-9(8)11(10)12/h2-7,10-12H,1H3. The van der Waals surface area contributed by atoms with Crippen molar-refractivity contribution < 1.29 is 9.84 Å². The molecule has 0 saturated heterocycles. The molecule has 1 aliphatic rings. The molecule has 2 atom stereocenters. The molecule has 1 aromatic rings. The van der Waals surface area contributed by atoms with Crippen LogP contribution in [-0.4, -0.2) is 18.3 Å². The predicted molar refractivity (Wildman–Crippen MR) is 51.2 cm³/mol. The summed E-state index contributed by atoms with van der Waals surface area (Å²) in [5.74, 6) is 0. The number of hydrogen-bond acceptors (Lipinski definition) is 2. The summed E-state index contributed by atoms with van der Waals surface area (Å²) >= 11 is 0. The Morgan fingerprint density at radius 3 is 2.85 bits per heavy atom. The van der Waals surface area contributed by atoms with E-state index in [1.54, 1.807) is 7.11 Å². The fraction of sp³-hybridized carbons (Fsp3) is 0.273. The maximum Gasteiger partial charge on any atom is 0.109 e. The summed E-state index contributed by atoms with van der Waals surface area (Å²) in [7, 11) is 1.60. The van der Waals surface area contributed by atoms with E-state index >= 15 is 0 Å². The molecule has 2 heteroatoms. The lowest BCUT2D eigenvalue weighted by Crippen LogP contribution is -2.21. The van der Waals surface area contributed by atoms with Crippen molar-refractivity contribution in [3.63, 3.8) is 0 Å². The first-order chi connectivity index (χ1) is 6.33. The van der Waals surface area contributed by atoms with Crippen molar-refractivity contribution in [2.45, 2.75) is 12.2 Å². The Bertz CT molecular complexity index is 331. The van der Waals surface area contributed by atoms with E-state index in [1.807, 2.05) is 36.4 Å². The summed E-state index contributed by atoms with van der Waals surface area (Å²) in [5, 5.41) is 9.84. The molecule has 1 N–H and O–H groups in total. The molecule has 2 unspecified atom stereocenters. The number of aliphatic hydroxyl groups is 1. The summed E-state index contributed by atoms with van der Waals surface area (Å²) in [5.41, 5.74) is 2.01. The first-order valence-electron chi connectivity index (χ1n) is 4.31. The van der Waals surface area contributed by atoms with E-state index in [0.29, 0.717) is 0 Å². The van der Waals surface area contributed by atoms with Crippen LogP contribution in [0.2, 0.25) is 0 Å². The van der Waals surface area contributed by atoms with Crippen molar-refractivity contribution in [2.75, 3.05) is 7.11 Å². The SMILES string of the molecule is COC1C=Cc2ccccc2C1O. The van der Waals surface area contributed by atoms with Gasteiger partial charge in [0.15, 0.2) is 0 Å². The molecule has 1 aliphatic carbocycles. The molecule has 0 bridgehead atoms. The van der Waals surface area contributed by atoms with Gasteiger partial charge >= 0.3 is 0 Å². The Morgan fingerprint density at radius 1 is 1.31 bits per heavy atom. The Balaban J connectivity index is 2.42. The van der Waals surface area contributed by atoms with Crippen molar-refractivity contribution >= 4 is 6.08 Å². The lowest BCUT2D eigenvalue weighted by molar-refractivity contribution is 0.0150. The van der Waals surface area contributed by atoms with Gasteiger partial charge in [0.25, 0.3) is 0 Å². The average Bonchev–Trinajstić information content (AvgIpc) is 2.19. The minimum Gasteiger partial charge on any atom is -0.385 e. The molecule has 1 aromatic carbocycles. The highest BCUT2D eigenvalue weighted by Crippen LogP contribution is 2.28. The van der Waals surface area contributed by atoms with Gasteiger partial charge in [-0.3, -0.25) is 0 Å². The number of fused-ring (bicyclic) bond motifs is 1. The van der Waals surface area contributed by atoms with Gasteiger partial charge in [-0.1, -0.05) is 36.4 Å². The van der Waals surface area contributed by atoms with Crippen LogP contribution in [0.4, 0.5) is 0 Å². The minimum atomic E-state index is -0.536. The zero-order valence-electron chi connectivity index (χ0n) is 7.47. The highest BCUT2D eigenvalue weighted by atomic mass is 16.5. The van der Waals surface area contributed by atoms with Crippen molar-refractivity contribution in [3.8, 4) is 0 Å². The molecule has 0 saturated carbocycles. The fourth-order valence-corrected chi connectivity index (χ4v) is 1.62. The van der Waals surface area contributed by atoms with Gasteiger partial charge in [0, 0.05) is 7.11 Å². The molecule has 0 aliphatic heterocycles. The van der Waals surface area contributed by atoms with E-state index in [4.69, 9.17) is 4.74 Å². The van der Waals surface area contributed by atoms with Crippen LogP contribution in [0, 0.1) is 0 Å². The van der Waals surface area contributed by atoms with E-state index in [1.165, 1.54) is 0 Å². The lowest BCUT2D eigenvalue weighted by atomic mass is 9.93.